The quantitative estimate of drug-likeness (QED) is 0.850. The second-order valence-electron chi connectivity index (χ2n) is 6.03. The summed E-state index contributed by atoms with van der Waals surface area (Å²) in [4.78, 5) is 0. The van der Waals surface area contributed by atoms with Crippen molar-refractivity contribution in [2.75, 3.05) is 6.54 Å². The Balaban J connectivity index is 1.89. The lowest BCUT2D eigenvalue weighted by Gasteiger charge is -2.38. The first-order valence-corrected chi connectivity index (χ1v) is 6.21. The molecule has 1 N–H and O–H groups in total. The molecule has 1 saturated carbocycles. The molecule has 0 radical (unpaired) electrons. The van der Waals surface area contributed by atoms with E-state index in [0.29, 0.717) is 6.04 Å². The van der Waals surface area contributed by atoms with Gasteiger partial charge in [-0.05, 0) is 52.0 Å². The fraction of sp³-hybridized carbons (Fsp3) is 0.769. The van der Waals surface area contributed by atoms with Crippen LogP contribution in [0.4, 0.5) is 0 Å². The zero-order valence-electron chi connectivity index (χ0n) is 10.8. The standard InChI is InChI=1S/C13H23N3/c1-10-7-15-16(9-10)12-6-5-11(12)8-14-13(2,3)4/h7,9,11-12,14H,5-6,8H2,1-4H3. The molecule has 0 saturated heterocycles. The Bertz CT molecular complexity index is 348. The van der Waals surface area contributed by atoms with Crippen molar-refractivity contribution in [3.05, 3.63) is 18.0 Å². The number of hydrogen-bond donors (Lipinski definition) is 1. The maximum absolute atomic E-state index is 4.42. The molecule has 1 fully saturated rings. The van der Waals surface area contributed by atoms with Crippen LogP contribution in [-0.2, 0) is 0 Å². The molecular formula is C13H23N3. The fourth-order valence-corrected chi connectivity index (χ4v) is 2.19. The topological polar surface area (TPSA) is 29.9 Å². The van der Waals surface area contributed by atoms with Gasteiger partial charge in [-0.25, -0.2) is 0 Å². The molecule has 3 nitrogen and oxygen atoms in total. The van der Waals surface area contributed by atoms with Crippen molar-refractivity contribution in [3.8, 4) is 0 Å². The molecule has 0 amide bonds. The monoisotopic (exact) mass is 221 g/mol. The first-order chi connectivity index (χ1) is 7.46. The molecule has 1 aliphatic rings. The predicted octanol–water partition coefficient (Wildman–Crippen LogP) is 2.53. The van der Waals surface area contributed by atoms with Crippen LogP contribution in [-0.4, -0.2) is 21.9 Å². The van der Waals surface area contributed by atoms with E-state index in [0.717, 1.165) is 12.5 Å². The molecule has 1 aromatic heterocycles. The van der Waals surface area contributed by atoms with Crippen LogP contribution < -0.4 is 5.32 Å². The van der Waals surface area contributed by atoms with Gasteiger partial charge in [0.1, 0.15) is 0 Å². The van der Waals surface area contributed by atoms with Crippen molar-refractivity contribution in [3.63, 3.8) is 0 Å². The minimum Gasteiger partial charge on any atom is -0.312 e. The van der Waals surface area contributed by atoms with Crippen LogP contribution in [0.1, 0.15) is 45.2 Å². The van der Waals surface area contributed by atoms with E-state index in [2.05, 4.69) is 49.0 Å². The Morgan fingerprint density at radius 1 is 1.44 bits per heavy atom. The van der Waals surface area contributed by atoms with Gasteiger partial charge in [-0.1, -0.05) is 0 Å². The van der Waals surface area contributed by atoms with E-state index in [4.69, 9.17) is 0 Å². The van der Waals surface area contributed by atoms with E-state index in [1.54, 1.807) is 0 Å². The highest BCUT2D eigenvalue weighted by molar-refractivity contribution is 5.02. The van der Waals surface area contributed by atoms with Crippen molar-refractivity contribution in [2.24, 2.45) is 5.92 Å². The van der Waals surface area contributed by atoms with E-state index < -0.39 is 0 Å². The molecule has 0 aliphatic heterocycles. The number of nitrogens with zero attached hydrogens (tertiary/aromatic N) is 2. The number of hydrogen-bond acceptors (Lipinski definition) is 2. The Morgan fingerprint density at radius 3 is 2.62 bits per heavy atom. The smallest absolute Gasteiger partial charge is 0.0559 e. The highest BCUT2D eigenvalue weighted by Gasteiger charge is 2.33. The summed E-state index contributed by atoms with van der Waals surface area (Å²) >= 11 is 0. The number of rotatable bonds is 3. The van der Waals surface area contributed by atoms with Gasteiger partial charge in [0.2, 0.25) is 0 Å². The lowest BCUT2D eigenvalue weighted by Crippen LogP contribution is -2.44. The second-order valence-corrected chi connectivity index (χ2v) is 6.03. The van der Waals surface area contributed by atoms with Gasteiger partial charge in [0.05, 0.1) is 12.2 Å². The summed E-state index contributed by atoms with van der Waals surface area (Å²) in [5.74, 6) is 0.749. The average molecular weight is 221 g/mol. The van der Waals surface area contributed by atoms with E-state index in [1.807, 2.05) is 6.20 Å². The Kier molecular flexibility index (Phi) is 3.06. The van der Waals surface area contributed by atoms with Gasteiger partial charge in [-0.2, -0.15) is 5.10 Å². The SMILES string of the molecule is Cc1cnn(C2CCC2CNC(C)(C)C)c1. The third-order valence-electron chi connectivity index (χ3n) is 3.34. The summed E-state index contributed by atoms with van der Waals surface area (Å²) in [6.07, 6.45) is 6.71. The summed E-state index contributed by atoms with van der Waals surface area (Å²) in [6, 6.07) is 0.614. The number of nitrogens with one attached hydrogen (secondary N) is 1. The van der Waals surface area contributed by atoms with Crippen LogP contribution in [0.5, 0.6) is 0 Å². The Morgan fingerprint density at radius 2 is 2.19 bits per heavy atom. The fourth-order valence-electron chi connectivity index (χ4n) is 2.19. The summed E-state index contributed by atoms with van der Waals surface area (Å²) in [7, 11) is 0. The predicted molar refractivity (Wildman–Crippen MR) is 66.5 cm³/mol. The molecule has 2 atom stereocenters. The number of aryl methyl sites for hydroxylation is 1. The molecule has 1 aliphatic carbocycles. The van der Waals surface area contributed by atoms with Crippen molar-refractivity contribution in [1.82, 2.24) is 15.1 Å². The molecule has 0 aromatic carbocycles. The Labute approximate surface area is 98.2 Å². The van der Waals surface area contributed by atoms with Crippen LogP contribution in [0.25, 0.3) is 0 Å². The van der Waals surface area contributed by atoms with Crippen LogP contribution in [0.2, 0.25) is 0 Å². The van der Waals surface area contributed by atoms with Crippen molar-refractivity contribution >= 4 is 0 Å². The minimum atomic E-state index is 0.222. The molecule has 1 heterocycles. The second kappa shape index (κ2) is 4.21. The van der Waals surface area contributed by atoms with Crippen LogP contribution >= 0.6 is 0 Å². The molecule has 2 rings (SSSR count). The van der Waals surface area contributed by atoms with Gasteiger partial charge < -0.3 is 5.32 Å². The highest BCUT2D eigenvalue weighted by Crippen LogP contribution is 2.37. The van der Waals surface area contributed by atoms with Crippen molar-refractivity contribution in [1.29, 1.82) is 0 Å². The molecule has 16 heavy (non-hydrogen) atoms. The van der Waals surface area contributed by atoms with Gasteiger partial charge in [0.25, 0.3) is 0 Å². The molecule has 90 valence electrons. The average Bonchev–Trinajstić information content (AvgIpc) is 2.47. The van der Waals surface area contributed by atoms with Gasteiger partial charge in [-0.15, -0.1) is 0 Å². The van der Waals surface area contributed by atoms with Crippen molar-refractivity contribution < 1.29 is 0 Å². The Hall–Kier alpha value is -0.830. The third kappa shape index (κ3) is 2.64. The first-order valence-electron chi connectivity index (χ1n) is 6.21. The van der Waals surface area contributed by atoms with E-state index in [9.17, 15) is 0 Å². The van der Waals surface area contributed by atoms with E-state index in [1.165, 1.54) is 18.4 Å². The maximum atomic E-state index is 4.42. The summed E-state index contributed by atoms with van der Waals surface area (Å²) < 4.78 is 2.15. The lowest BCUT2D eigenvalue weighted by molar-refractivity contribution is 0.153. The van der Waals surface area contributed by atoms with Crippen LogP contribution in [0.15, 0.2) is 12.4 Å². The minimum absolute atomic E-state index is 0.222. The molecule has 3 heteroatoms. The van der Waals surface area contributed by atoms with Crippen LogP contribution in [0, 0.1) is 12.8 Å². The first kappa shape index (κ1) is 11.6. The summed E-state index contributed by atoms with van der Waals surface area (Å²) in [6.45, 7) is 9.87. The van der Waals surface area contributed by atoms with Gasteiger partial charge in [0, 0.05) is 18.3 Å². The van der Waals surface area contributed by atoms with Gasteiger partial charge in [0.15, 0.2) is 0 Å². The third-order valence-corrected chi connectivity index (χ3v) is 3.34. The van der Waals surface area contributed by atoms with Gasteiger partial charge in [-0.3, -0.25) is 4.68 Å². The summed E-state index contributed by atoms with van der Waals surface area (Å²) in [5.41, 5.74) is 1.48. The molecule has 2 unspecified atom stereocenters. The van der Waals surface area contributed by atoms with Crippen LogP contribution in [0.3, 0.4) is 0 Å². The highest BCUT2D eigenvalue weighted by atomic mass is 15.3. The summed E-state index contributed by atoms with van der Waals surface area (Å²) in [5, 5.41) is 8.01. The zero-order chi connectivity index (χ0) is 11.8. The molecule has 0 bridgehead atoms. The largest absolute Gasteiger partial charge is 0.312 e. The van der Waals surface area contributed by atoms with E-state index in [-0.39, 0.29) is 5.54 Å². The van der Waals surface area contributed by atoms with Gasteiger partial charge >= 0.3 is 0 Å². The molecular weight excluding hydrogens is 198 g/mol. The van der Waals surface area contributed by atoms with E-state index >= 15 is 0 Å². The molecule has 0 spiro atoms. The molecule has 1 aromatic rings. The maximum Gasteiger partial charge on any atom is 0.0559 e. The zero-order valence-corrected chi connectivity index (χ0v) is 10.8. The normalized spacial score (nSPS) is 25.5. The number of aromatic nitrogens is 2. The lowest BCUT2D eigenvalue weighted by atomic mass is 9.79. The van der Waals surface area contributed by atoms with Crippen molar-refractivity contribution in [2.45, 2.75) is 52.1 Å².